The fourth-order valence-corrected chi connectivity index (χ4v) is 2.78. The molecule has 1 N–H and O–H groups in total. The maximum absolute atomic E-state index is 12.5. The third-order valence-corrected chi connectivity index (χ3v) is 4.12. The molecule has 0 unspecified atom stereocenters. The van der Waals surface area contributed by atoms with E-state index >= 15 is 0 Å². The molecule has 0 bridgehead atoms. The predicted molar refractivity (Wildman–Crippen MR) is 89.5 cm³/mol. The summed E-state index contributed by atoms with van der Waals surface area (Å²) in [7, 11) is 0. The van der Waals surface area contributed by atoms with Crippen LogP contribution in [0.2, 0.25) is 0 Å². The quantitative estimate of drug-likeness (QED) is 0.831. The molecule has 1 amide bonds. The number of fused-ring (bicyclic) bond motifs is 1. The highest BCUT2D eigenvalue weighted by Gasteiger charge is 2.20. The molecule has 0 saturated heterocycles. The number of ketones is 1. The summed E-state index contributed by atoms with van der Waals surface area (Å²) in [6.07, 6.45) is 0. The second kappa shape index (κ2) is 6.42. The molecule has 0 atom stereocenters. The number of ether oxygens (including phenoxy) is 2. The Labute approximate surface area is 141 Å². The summed E-state index contributed by atoms with van der Waals surface area (Å²) in [4.78, 5) is 24.3. The van der Waals surface area contributed by atoms with E-state index in [9.17, 15) is 9.59 Å². The monoisotopic (exact) mass is 375 g/mol. The smallest absolute Gasteiger partial charge is 0.256 e. The van der Waals surface area contributed by atoms with Crippen molar-refractivity contribution in [3.63, 3.8) is 0 Å². The molecule has 2 aromatic carbocycles. The minimum atomic E-state index is -0.309. The average molecular weight is 376 g/mol. The summed E-state index contributed by atoms with van der Waals surface area (Å²) in [5.74, 6) is 0.560. The molecule has 1 aliphatic heterocycles. The van der Waals surface area contributed by atoms with Gasteiger partial charge in [0.05, 0.1) is 11.3 Å². The Morgan fingerprint density at radius 1 is 1.04 bits per heavy atom. The van der Waals surface area contributed by atoms with Crippen LogP contribution >= 0.6 is 15.9 Å². The summed E-state index contributed by atoms with van der Waals surface area (Å²) in [6.45, 7) is 2.32. The first-order valence-electron chi connectivity index (χ1n) is 7.06. The van der Waals surface area contributed by atoms with Crippen LogP contribution in [0.1, 0.15) is 27.6 Å². The van der Waals surface area contributed by atoms with Gasteiger partial charge >= 0.3 is 0 Å². The van der Waals surface area contributed by atoms with Gasteiger partial charge in [-0.15, -0.1) is 0 Å². The van der Waals surface area contributed by atoms with Gasteiger partial charge in [-0.3, -0.25) is 9.59 Å². The summed E-state index contributed by atoms with van der Waals surface area (Å²) >= 11 is 3.35. The molecular weight excluding hydrogens is 362 g/mol. The molecule has 0 saturated carbocycles. The Morgan fingerprint density at radius 3 is 2.35 bits per heavy atom. The molecule has 0 radical (unpaired) electrons. The van der Waals surface area contributed by atoms with Crippen LogP contribution in [0.4, 0.5) is 5.69 Å². The molecule has 1 heterocycles. The van der Waals surface area contributed by atoms with E-state index in [4.69, 9.17) is 9.47 Å². The number of nitrogens with one attached hydrogen (secondary N) is 1. The molecule has 23 heavy (non-hydrogen) atoms. The highest BCUT2D eigenvalue weighted by atomic mass is 79.9. The van der Waals surface area contributed by atoms with Crippen LogP contribution in [-0.4, -0.2) is 24.9 Å². The second-order valence-corrected chi connectivity index (χ2v) is 5.89. The number of rotatable bonds is 3. The van der Waals surface area contributed by atoms with E-state index in [1.165, 1.54) is 6.92 Å². The fourth-order valence-electron chi connectivity index (χ4n) is 2.32. The van der Waals surface area contributed by atoms with E-state index in [0.29, 0.717) is 46.0 Å². The summed E-state index contributed by atoms with van der Waals surface area (Å²) in [5, 5.41) is 2.77. The molecule has 3 rings (SSSR count). The summed E-state index contributed by atoms with van der Waals surface area (Å²) < 4.78 is 11.7. The van der Waals surface area contributed by atoms with Crippen molar-refractivity contribution >= 4 is 33.3 Å². The van der Waals surface area contributed by atoms with Crippen LogP contribution in [0.25, 0.3) is 0 Å². The van der Waals surface area contributed by atoms with E-state index < -0.39 is 0 Å². The zero-order chi connectivity index (χ0) is 16.4. The van der Waals surface area contributed by atoms with Crippen LogP contribution in [0.15, 0.2) is 40.9 Å². The number of hydrogen-bond donors (Lipinski definition) is 1. The van der Waals surface area contributed by atoms with Gasteiger partial charge in [0.1, 0.15) is 13.2 Å². The van der Waals surface area contributed by atoms with Crippen molar-refractivity contribution in [1.82, 2.24) is 0 Å². The van der Waals surface area contributed by atoms with Crippen LogP contribution in [0, 0.1) is 0 Å². The van der Waals surface area contributed by atoms with Crippen molar-refractivity contribution in [2.75, 3.05) is 18.5 Å². The number of hydrogen-bond acceptors (Lipinski definition) is 4. The maximum Gasteiger partial charge on any atom is 0.256 e. The molecule has 2 aromatic rings. The number of Topliss-reactive ketones (excluding diaryl/α,β-unsaturated/α-hetero) is 1. The Morgan fingerprint density at radius 2 is 1.70 bits per heavy atom. The minimum Gasteiger partial charge on any atom is -0.486 e. The first-order chi connectivity index (χ1) is 11.1. The van der Waals surface area contributed by atoms with E-state index in [-0.39, 0.29) is 11.7 Å². The van der Waals surface area contributed by atoms with Gasteiger partial charge in [0.15, 0.2) is 17.3 Å². The standard InChI is InChI=1S/C17H14BrNO4/c1-10(20)12-8-15-16(23-7-6-22-15)9-14(12)19-17(21)11-4-2-3-5-13(11)18/h2-5,8-9H,6-7H2,1H3,(H,19,21). The first kappa shape index (κ1) is 15.6. The Kier molecular flexibility index (Phi) is 4.34. The van der Waals surface area contributed by atoms with Crippen LogP contribution in [-0.2, 0) is 0 Å². The molecule has 1 aliphatic rings. The van der Waals surface area contributed by atoms with Crippen molar-refractivity contribution in [3.05, 3.63) is 52.0 Å². The van der Waals surface area contributed by atoms with Gasteiger partial charge in [0.25, 0.3) is 5.91 Å². The molecule has 0 fully saturated rings. The zero-order valence-corrected chi connectivity index (χ0v) is 14.0. The van der Waals surface area contributed by atoms with E-state index in [0.717, 1.165) is 0 Å². The number of carbonyl (C=O) groups excluding carboxylic acids is 2. The van der Waals surface area contributed by atoms with Gasteiger partial charge in [0.2, 0.25) is 0 Å². The lowest BCUT2D eigenvalue weighted by molar-refractivity contribution is 0.101. The normalized spacial score (nSPS) is 12.6. The molecule has 118 valence electrons. The minimum absolute atomic E-state index is 0.163. The van der Waals surface area contributed by atoms with Crippen LogP contribution in [0.5, 0.6) is 11.5 Å². The van der Waals surface area contributed by atoms with Gasteiger partial charge in [-0.25, -0.2) is 0 Å². The highest BCUT2D eigenvalue weighted by Crippen LogP contribution is 2.36. The maximum atomic E-state index is 12.5. The van der Waals surface area contributed by atoms with Crippen molar-refractivity contribution in [2.45, 2.75) is 6.92 Å². The van der Waals surface area contributed by atoms with Gasteiger partial charge in [-0.05, 0) is 41.1 Å². The van der Waals surface area contributed by atoms with Crippen molar-refractivity contribution in [1.29, 1.82) is 0 Å². The molecule has 6 heteroatoms. The zero-order valence-electron chi connectivity index (χ0n) is 12.4. The molecule has 0 aliphatic carbocycles. The van der Waals surface area contributed by atoms with Crippen LogP contribution < -0.4 is 14.8 Å². The number of benzene rings is 2. The summed E-state index contributed by atoms with van der Waals surface area (Å²) in [5.41, 5.74) is 1.27. The SMILES string of the molecule is CC(=O)c1cc2c(cc1NC(=O)c1ccccc1Br)OCCO2. The molecule has 0 aromatic heterocycles. The first-order valence-corrected chi connectivity index (χ1v) is 7.86. The lowest BCUT2D eigenvalue weighted by atomic mass is 10.1. The number of amides is 1. The summed E-state index contributed by atoms with van der Waals surface area (Å²) in [6, 6.07) is 10.3. The third-order valence-electron chi connectivity index (χ3n) is 3.43. The number of carbonyl (C=O) groups is 2. The Bertz CT molecular complexity index is 788. The number of halogens is 1. The topological polar surface area (TPSA) is 64.6 Å². The second-order valence-electron chi connectivity index (χ2n) is 5.03. The molecule has 0 spiro atoms. The molecular formula is C17H14BrNO4. The van der Waals surface area contributed by atoms with E-state index in [2.05, 4.69) is 21.2 Å². The highest BCUT2D eigenvalue weighted by molar-refractivity contribution is 9.10. The average Bonchev–Trinajstić information content (AvgIpc) is 2.54. The number of anilines is 1. The Balaban J connectivity index is 1.97. The van der Waals surface area contributed by atoms with Crippen molar-refractivity contribution in [2.24, 2.45) is 0 Å². The fraction of sp³-hybridized carbons (Fsp3) is 0.176. The van der Waals surface area contributed by atoms with Gasteiger partial charge in [-0.2, -0.15) is 0 Å². The predicted octanol–water partition coefficient (Wildman–Crippen LogP) is 3.68. The van der Waals surface area contributed by atoms with E-state index in [1.807, 2.05) is 6.07 Å². The lowest BCUT2D eigenvalue weighted by Gasteiger charge is -2.21. The Hall–Kier alpha value is -2.34. The van der Waals surface area contributed by atoms with Gasteiger partial charge in [-0.1, -0.05) is 12.1 Å². The lowest BCUT2D eigenvalue weighted by Crippen LogP contribution is -2.18. The van der Waals surface area contributed by atoms with Crippen molar-refractivity contribution < 1.29 is 19.1 Å². The van der Waals surface area contributed by atoms with Crippen molar-refractivity contribution in [3.8, 4) is 11.5 Å². The van der Waals surface area contributed by atoms with E-state index in [1.54, 1.807) is 30.3 Å². The largest absolute Gasteiger partial charge is 0.486 e. The third kappa shape index (κ3) is 3.22. The van der Waals surface area contributed by atoms with Gasteiger partial charge < -0.3 is 14.8 Å². The molecule has 5 nitrogen and oxygen atoms in total. The van der Waals surface area contributed by atoms with Gasteiger partial charge in [0, 0.05) is 16.1 Å². The van der Waals surface area contributed by atoms with Crippen LogP contribution in [0.3, 0.4) is 0 Å².